The lowest BCUT2D eigenvalue weighted by atomic mass is 10.0. The maximum absolute atomic E-state index is 12.3. The number of carboxylic acid groups (broad SMARTS) is 1. The number of carboxylic acids is 1. The van der Waals surface area contributed by atoms with E-state index in [1.807, 2.05) is 0 Å². The van der Waals surface area contributed by atoms with E-state index in [4.69, 9.17) is 5.11 Å². The predicted octanol–water partition coefficient (Wildman–Crippen LogP) is 2.70. The Bertz CT molecular complexity index is 588. The summed E-state index contributed by atoms with van der Waals surface area (Å²) >= 11 is 0. The zero-order valence-electron chi connectivity index (χ0n) is 12.1. The zero-order chi connectivity index (χ0) is 17.0. The minimum Gasteiger partial charge on any atom is -0.481 e. The Kier molecular flexibility index (Phi) is 5.12. The molecule has 5 nitrogen and oxygen atoms in total. The van der Waals surface area contributed by atoms with E-state index in [1.54, 1.807) is 6.07 Å². The van der Waals surface area contributed by atoms with E-state index >= 15 is 0 Å². The van der Waals surface area contributed by atoms with Gasteiger partial charge in [-0.1, -0.05) is 18.2 Å². The summed E-state index contributed by atoms with van der Waals surface area (Å²) in [5.74, 6) is -2.60. The number of hydrogen-bond donors (Lipinski definition) is 2. The molecule has 1 aromatic rings. The Morgan fingerprint density at radius 1 is 1.22 bits per heavy atom. The highest BCUT2D eigenvalue weighted by molar-refractivity contribution is 5.80. The Hall–Kier alpha value is -2.25. The summed E-state index contributed by atoms with van der Waals surface area (Å²) in [6.45, 7) is -0.112. The van der Waals surface area contributed by atoms with Crippen LogP contribution in [-0.4, -0.2) is 23.3 Å². The molecule has 1 aliphatic rings. The monoisotopic (exact) mass is 331 g/mol. The maximum Gasteiger partial charge on any atom is 0.573 e. The van der Waals surface area contributed by atoms with Crippen LogP contribution in [0.15, 0.2) is 24.3 Å². The summed E-state index contributed by atoms with van der Waals surface area (Å²) in [6.07, 6.45) is -3.66. The number of aliphatic carboxylic acids is 1. The van der Waals surface area contributed by atoms with Gasteiger partial charge in [0.05, 0.1) is 5.92 Å². The van der Waals surface area contributed by atoms with Gasteiger partial charge in [0.25, 0.3) is 0 Å². The quantitative estimate of drug-likeness (QED) is 0.870. The minimum atomic E-state index is -4.81. The van der Waals surface area contributed by atoms with Gasteiger partial charge >= 0.3 is 12.3 Å². The number of hydrogen-bond acceptors (Lipinski definition) is 3. The minimum absolute atomic E-state index is 0.112. The van der Waals surface area contributed by atoms with Gasteiger partial charge in [0, 0.05) is 18.0 Å². The zero-order valence-corrected chi connectivity index (χ0v) is 12.1. The topological polar surface area (TPSA) is 75.6 Å². The average Bonchev–Trinajstić information content (AvgIpc) is 2.94. The third-order valence-electron chi connectivity index (χ3n) is 3.80. The van der Waals surface area contributed by atoms with Crippen molar-refractivity contribution in [2.24, 2.45) is 11.8 Å². The Morgan fingerprint density at radius 3 is 2.48 bits per heavy atom. The SMILES string of the molecule is O=C(O)[C@@H]1CC[C@H](C(=O)NCc2ccccc2OC(F)(F)F)C1. The lowest BCUT2D eigenvalue weighted by Gasteiger charge is -2.15. The number of para-hydroxylation sites is 1. The van der Waals surface area contributed by atoms with Crippen molar-refractivity contribution in [3.63, 3.8) is 0 Å². The molecule has 0 aliphatic heterocycles. The molecule has 126 valence electrons. The number of benzene rings is 1. The van der Waals surface area contributed by atoms with E-state index < -0.39 is 24.2 Å². The van der Waals surface area contributed by atoms with Gasteiger partial charge in [-0.3, -0.25) is 9.59 Å². The van der Waals surface area contributed by atoms with Crippen LogP contribution in [0, 0.1) is 11.8 Å². The summed E-state index contributed by atoms with van der Waals surface area (Å²) in [7, 11) is 0. The van der Waals surface area contributed by atoms with E-state index in [0.717, 1.165) is 0 Å². The number of amides is 1. The second-order valence-corrected chi connectivity index (χ2v) is 5.42. The molecule has 23 heavy (non-hydrogen) atoms. The lowest BCUT2D eigenvalue weighted by Crippen LogP contribution is -2.30. The summed E-state index contributed by atoms with van der Waals surface area (Å²) in [5, 5.41) is 11.5. The van der Waals surface area contributed by atoms with Crippen molar-refractivity contribution in [3.8, 4) is 5.75 Å². The molecular weight excluding hydrogens is 315 g/mol. The van der Waals surface area contributed by atoms with Gasteiger partial charge in [0.2, 0.25) is 5.91 Å². The van der Waals surface area contributed by atoms with Crippen molar-refractivity contribution in [3.05, 3.63) is 29.8 Å². The van der Waals surface area contributed by atoms with Crippen LogP contribution in [0.5, 0.6) is 5.75 Å². The molecule has 2 N–H and O–H groups in total. The Balaban J connectivity index is 1.94. The van der Waals surface area contributed by atoms with E-state index in [9.17, 15) is 22.8 Å². The maximum atomic E-state index is 12.3. The molecule has 0 radical (unpaired) electrons. The smallest absolute Gasteiger partial charge is 0.481 e. The van der Waals surface area contributed by atoms with Crippen LogP contribution in [0.25, 0.3) is 0 Å². The van der Waals surface area contributed by atoms with Crippen molar-refractivity contribution in [2.75, 3.05) is 0 Å². The molecule has 0 spiro atoms. The third kappa shape index (κ3) is 4.87. The van der Waals surface area contributed by atoms with Crippen LogP contribution >= 0.6 is 0 Å². The van der Waals surface area contributed by atoms with Crippen LogP contribution < -0.4 is 10.1 Å². The average molecular weight is 331 g/mol. The molecule has 0 bridgehead atoms. The normalized spacial score (nSPS) is 21.0. The van der Waals surface area contributed by atoms with Crippen LogP contribution in [-0.2, 0) is 16.1 Å². The number of carbonyl (C=O) groups excluding carboxylic acids is 1. The number of carbonyl (C=O) groups is 2. The molecule has 1 amide bonds. The van der Waals surface area contributed by atoms with Crippen molar-refractivity contribution in [1.82, 2.24) is 5.32 Å². The second kappa shape index (κ2) is 6.89. The van der Waals surface area contributed by atoms with E-state index in [0.29, 0.717) is 12.8 Å². The van der Waals surface area contributed by atoms with Crippen LogP contribution in [0.3, 0.4) is 0 Å². The van der Waals surface area contributed by atoms with Gasteiger partial charge in [-0.05, 0) is 25.3 Å². The van der Waals surface area contributed by atoms with Crippen LogP contribution in [0.4, 0.5) is 13.2 Å². The van der Waals surface area contributed by atoms with Gasteiger partial charge in [0.1, 0.15) is 5.75 Å². The number of rotatable bonds is 5. The fourth-order valence-corrected chi connectivity index (χ4v) is 2.64. The van der Waals surface area contributed by atoms with Crippen molar-refractivity contribution < 1.29 is 32.6 Å². The Morgan fingerprint density at radius 2 is 1.87 bits per heavy atom. The van der Waals surface area contributed by atoms with Crippen molar-refractivity contribution in [2.45, 2.75) is 32.2 Å². The standard InChI is InChI=1S/C15H16F3NO4/c16-15(17,18)23-12-4-2-1-3-11(12)8-19-13(20)9-5-6-10(7-9)14(21)22/h1-4,9-10H,5-8H2,(H,19,20)(H,21,22)/t9-,10+/m0/s1. The highest BCUT2D eigenvalue weighted by Crippen LogP contribution is 2.31. The molecule has 2 atom stereocenters. The summed E-state index contributed by atoms with van der Waals surface area (Å²) in [6, 6.07) is 5.54. The highest BCUT2D eigenvalue weighted by Gasteiger charge is 2.34. The molecule has 2 rings (SSSR count). The van der Waals surface area contributed by atoms with Crippen molar-refractivity contribution in [1.29, 1.82) is 0 Å². The number of ether oxygens (including phenoxy) is 1. The summed E-state index contributed by atoms with van der Waals surface area (Å²) in [4.78, 5) is 22.9. The van der Waals surface area contributed by atoms with Gasteiger partial charge < -0.3 is 15.2 Å². The first-order valence-corrected chi connectivity index (χ1v) is 7.10. The lowest BCUT2D eigenvalue weighted by molar-refractivity contribution is -0.274. The van der Waals surface area contributed by atoms with Crippen LogP contribution in [0.1, 0.15) is 24.8 Å². The fraction of sp³-hybridized carbons (Fsp3) is 0.467. The third-order valence-corrected chi connectivity index (χ3v) is 3.80. The van der Waals surface area contributed by atoms with E-state index in [-0.39, 0.29) is 30.2 Å². The second-order valence-electron chi connectivity index (χ2n) is 5.42. The molecule has 1 aromatic carbocycles. The fourth-order valence-electron chi connectivity index (χ4n) is 2.64. The molecule has 0 heterocycles. The van der Waals surface area contributed by atoms with Crippen LogP contribution in [0.2, 0.25) is 0 Å². The first kappa shape index (κ1) is 17.1. The van der Waals surface area contributed by atoms with Gasteiger partial charge in [-0.25, -0.2) is 0 Å². The van der Waals surface area contributed by atoms with E-state index in [1.165, 1.54) is 18.2 Å². The number of halogens is 3. The molecule has 1 saturated carbocycles. The number of alkyl halides is 3. The summed E-state index contributed by atoms with van der Waals surface area (Å²) < 4.78 is 40.9. The molecule has 0 unspecified atom stereocenters. The molecular formula is C15H16F3NO4. The molecule has 1 fully saturated rings. The number of nitrogens with one attached hydrogen (secondary N) is 1. The summed E-state index contributed by atoms with van der Waals surface area (Å²) in [5.41, 5.74) is 0.200. The van der Waals surface area contributed by atoms with Gasteiger partial charge in [-0.15, -0.1) is 13.2 Å². The Labute approximate surface area is 130 Å². The highest BCUT2D eigenvalue weighted by atomic mass is 19.4. The molecule has 0 saturated heterocycles. The first-order chi connectivity index (χ1) is 10.8. The predicted molar refractivity (Wildman–Crippen MR) is 73.4 cm³/mol. The molecule has 1 aliphatic carbocycles. The van der Waals surface area contributed by atoms with E-state index in [2.05, 4.69) is 10.1 Å². The van der Waals surface area contributed by atoms with Crippen molar-refractivity contribution >= 4 is 11.9 Å². The largest absolute Gasteiger partial charge is 0.573 e. The van der Waals surface area contributed by atoms with Gasteiger partial charge in [-0.2, -0.15) is 0 Å². The molecule has 8 heteroatoms. The first-order valence-electron chi connectivity index (χ1n) is 7.10. The van der Waals surface area contributed by atoms with Gasteiger partial charge in [0.15, 0.2) is 0 Å². The molecule has 0 aromatic heterocycles.